The third-order valence-electron chi connectivity index (χ3n) is 1.88. The van der Waals surface area contributed by atoms with Crippen LogP contribution in [0.3, 0.4) is 0 Å². The van der Waals surface area contributed by atoms with Gasteiger partial charge < -0.3 is 5.73 Å². The van der Waals surface area contributed by atoms with Gasteiger partial charge in [-0.2, -0.15) is 0 Å². The smallest absolute Gasteiger partial charge is 0.281 e. The van der Waals surface area contributed by atoms with Gasteiger partial charge in [-0.15, -0.1) is 11.3 Å². The van der Waals surface area contributed by atoms with Crippen molar-refractivity contribution in [3.05, 3.63) is 33.4 Å². The molecule has 0 radical (unpaired) electrons. The molecule has 0 saturated heterocycles. The Morgan fingerprint density at radius 3 is 2.86 bits per heavy atom. The number of nitro benzene ring substituents is 1. The Labute approximate surface area is 81.9 Å². The lowest BCUT2D eigenvalue weighted by atomic mass is 10.2. The SMILES string of the molecule is Nc1ccc([N+](=O)[O-])c2c(F)csc12. The molecule has 0 aliphatic rings. The van der Waals surface area contributed by atoms with Crippen molar-refractivity contribution in [2.24, 2.45) is 0 Å². The van der Waals surface area contributed by atoms with Gasteiger partial charge in [0.1, 0.15) is 11.2 Å². The van der Waals surface area contributed by atoms with E-state index in [-0.39, 0.29) is 11.1 Å². The molecule has 1 heterocycles. The summed E-state index contributed by atoms with van der Waals surface area (Å²) in [5.41, 5.74) is 5.68. The van der Waals surface area contributed by atoms with Crippen molar-refractivity contribution in [2.45, 2.75) is 0 Å². The molecule has 2 rings (SSSR count). The summed E-state index contributed by atoms with van der Waals surface area (Å²) in [6.45, 7) is 0. The molecule has 1 aromatic carbocycles. The van der Waals surface area contributed by atoms with Gasteiger partial charge in [-0.3, -0.25) is 10.1 Å². The number of nitro groups is 1. The number of halogens is 1. The van der Waals surface area contributed by atoms with Gasteiger partial charge in [0.2, 0.25) is 0 Å². The molecule has 0 aliphatic carbocycles. The zero-order chi connectivity index (χ0) is 10.3. The van der Waals surface area contributed by atoms with Gasteiger partial charge in [-0.25, -0.2) is 4.39 Å². The zero-order valence-corrected chi connectivity index (χ0v) is 7.68. The number of hydrogen-bond donors (Lipinski definition) is 1. The Morgan fingerprint density at radius 1 is 1.50 bits per heavy atom. The number of nitrogens with two attached hydrogens (primary N) is 1. The van der Waals surface area contributed by atoms with Crippen LogP contribution in [0, 0.1) is 15.9 Å². The number of anilines is 1. The molecule has 0 atom stereocenters. The van der Waals surface area contributed by atoms with Crippen molar-refractivity contribution in [1.29, 1.82) is 0 Å². The standard InChI is InChI=1S/C8H5FN2O2S/c9-4-3-14-8-5(10)1-2-6(7(4)8)11(12)13/h1-3H,10H2. The van der Waals surface area contributed by atoms with E-state index in [1.54, 1.807) is 0 Å². The lowest BCUT2D eigenvalue weighted by Gasteiger charge is -1.97. The molecule has 0 saturated carbocycles. The Morgan fingerprint density at radius 2 is 2.21 bits per heavy atom. The maximum Gasteiger partial charge on any atom is 0.281 e. The summed E-state index contributed by atoms with van der Waals surface area (Å²) in [4.78, 5) is 9.97. The van der Waals surface area contributed by atoms with E-state index in [4.69, 9.17) is 5.73 Å². The number of fused-ring (bicyclic) bond motifs is 1. The molecule has 0 bridgehead atoms. The summed E-state index contributed by atoms with van der Waals surface area (Å²) in [7, 11) is 0. The number of nitrogen functional groups attached to an aromatic ring is 1. The van der Waals surface area contributed by atoms with E-state index in [1.807, 2.05) is 0 Å². The molecule has 1 aromatic heterocycles. The summed E-state index contributed by atoms with van der Waals surface area (Å²) < 4.78 is 13.6. The first-order chi connectivity index (χ1) is 6.61. The van der Waals surface area contributed by atoms with Crippen LogP contribution in [0.15, 0.2) is 17.5 Å². The fourth-order valence-electron chi connectivity index (χ4n) is 1.27. The fourth-order valence-corrected chi connectivity index (χ4v) is 2.13. The molecule has 14 heavy (non-hydrogen) atoms. The average Bonchev–Trinajstić information content (AvgIpc) is 2.50. The Bertz CT molecular complexity index is 523. The quantitative estimate of drug-likeness (QED) is 0.448. The predicted octanol–water partition coefficient (Wildman–Crippen LogP) is 2.53. The first-order valence-electron chi connectivity index (χ1n) is 3.71. The highest BCUT2D eigenvalue weighted by atomic mass is 32.1. The second kappa shape index (κ2) is 2.91. The molecule has 4 nitrogen and oxygen atoms in total. The largest absolute Gasteiger partial charge is 0.398 e. The van der Waals surface area contributed by atoms with Gasteiger partial charge in [0.15, 0.2) is 0 Å². The fraction of sp³-hybridized carbons (Fsp3) is 0. The minimum atomic E-state index is -0.614. The molecule has 2 aromatic rings. The van der Waals surface area contributed by atoms with Crippen molar-refractivity contribution in [3.63, 3.8) is 0 Å². The van der Waals surface area contributed by atoms with Crippen LogP contribution in [0.4, 0.5) is 15.8 Å². The summed E-state index contributed by atoms with van der Waals surface area (Å²) in [6, 6.07) is 2.63. The Balaban J connectivity index is 2.92. The predicted molar refractivity (Wildman–Crippen MR) is 52.8 cm³/mol. The Hall–Kier alpha value is -1.69. The van der Waals surface area contributed by atoms with Crippen LogP contribution in [0.5, 0.6) is 0 Å². The molecular formula is C8H5FN2O2S. The van der Waals surface area contributed by atoms with Crippen molar-refractivity contribution in [2.75, 3.05) is 5.73 Å². The molecule has 0 aliphatic heterocycles. The number of hydrogen-bond acceptors (Lipinski definition) is 4. The number of benzene rings is 1. The molecule has 2 N–H and O–H groups in total. The topological polar surface area (TPSA) is 69.2 Å². The van der Waals surface area contributed by atoms with Gasteiger partial charge in [0.05, 0.1) is 15.3 Å². The maximum absolute atomic E-state index is 13.2. The Kier molecular flexibility index (Phi) is 1.85. The molecule has 0 fully saturated rings. The summed E-state index contributed by atoms with van der Waals surface area (Å²) in [5, 5.41) is 11.8. The molecule has 0 amide bonds. The first-order valence-corrected chi connectivity index (χ1v) is 4.59. The van der Waals surface area contributed by atoms with Crippen molar-refractivity contribution >= 4 is 32.8 Å². The van der Waals surface area contributed by atoms with Crippen molar-refractivity contribution < 1.29 is 9.31 Å². The lowest BCUT2D eigenvalue weighted by molar-refractivity contribution is -0.383. The molecule has 72 valence electrons. The van der Waals surface area contributed by atoms with E-state index in [0.29, 0.717) is 10.4 Å². The first kappa shape index (κ1) is 8.89. The van der Waals surface area contributed by atoms with Crippen molar-refractivity contribution in [1.82, 2.24) is 0 Å². The minimum Gasteiger partial charge on any atom is -0.398 e. The number of non-ortho nitro benzene ring substituents is 1. The van der Waals surface area contributed by atoms with E-state index in [9.17, 15) is 14.5 Å². The molecule has 0 unspecified atom stereocenters. The zero-order valence-electron chi connectivity index (χ0n) is 6.86. The lowest BCUT2D eigenvalue weighted by Crippen LogP contribution is -1.92. The highest BCUT2D eigenvalue weighted by Crippen LogP contribution is 2.36. The van der Waals surface area contributed by atoms with E-state index >= 15 is 0 Å². The average molecular weight is 212 g/mol. The van der Waals surface area contributed by atoms with Gasteiger partial charge in [-0.05, 0) is 6.07 Å². The van der Waals surface area contributed by atoms with E-state index in [1.165, 1.54) is 17.5 Å². The highest BCUT2D eigenvalue weighted by Gasteiger charge is 2.18. The maximum atomic E-state index is 13.2. The number of rotatable bonds is 1. The second-order valence-corrected chi connectivity index (χ2v) is 3.60. The normalized spacial score (nSPS) is 10.6. The molecule has 0 spiro atoms. The summed E-state index contributed by atoms with van der Waals surface area (Å²) in [5.74, 6) is -0.594. The van der Waals surface area contributed by atoms with Crippen molar-refractivity contribution in [3.8, 4) is 0 Å². The number of nitrogens with zero attached hydrogens (tertiary/aromatic N) is 1. The van der Waals surface area contributed by atoms with Crippen LogP contribution in [0.1, 0.15) is 0 Å². The van der Waals surface area contributed by atoms with E-state index in [2.05, 4.69) is 0 Å². The summed E-state index contributed by atoms with van der Waals surface area (Å²) >= 11 is 1.07. The minimum absolute atomic E-state index is 0.000000000000000222. The van der Waals surface area contributed by atoms with Crippen LogP contribution < -0.4 is 5.73 Å². The van der Waals surface area contributed by atoms with Gasteiger partial charge in [-0.1, -0.05) is 0 Å². The molecular weight excluding hydrogens is 207 g/mol. The van der Waals surface area contributed by atoms with Crippen LogP contribution in [0.2, 0.25) is 0 Å². The number of thiophene rings is 1. The van der Waals surface area contributed by atoms with Gasteiger partial charge >= 0.3 is 0 Å². The van der Waals surface area contributed by atoms with E-state index in [0.717, 1.165) is 11.3 Å². The molecule has 6 heteroatoms. The van der Waals surface area contributed by atoms with Crippen LogP contribution in [-0.4, -0.2) is 4.92 Å². The monoisotopic (exact) mass is 212 g/mol. The van der Waals surface area contributed by atoms with Crippen LogP contribution in [0.25, 0.3) is 10.1 Å². The van der Waals surface area contributed by atoms with E-state index < -0.39 is 10.7 Å². The van der Waals surface area contributed by atoms with Crippen LogP contribution in [-0.2, 0) is 0 Å². The summed E-state index contributed by atoms with van der Waals surface area (Å²) in [6.07, 6.45) is 0. The van der Waals surface area contributed by atoms with Gasteiger partial charge in [0, 0.05) is 11.4 Å². The third kappa shape index (κ3) is 1.12. The third-order valence-corrected chi connectivity index (χ3v) is 2.88. The van der Waals surface area contributed by atoms with Gasteiger partial charge in [0.25, 0.3) is 5.69 Å². The second-order valence-electron chi connectivity index (χ2n) is 2.72. The highest BCUT2D eigenvalue weighted by molar-refractivity contribution is 7.18. The van der Waals surface area contributed by atoms with Crippen LogP contribution >= 0.6 is 11.3 Å².